The van der Waals surface area contributed by atoms with Gasteiger partial charge in [0.2, 0.25) is 5.91 Å². The van der Waals surface area contributed by atoms with Gasteiger partial charge in [-0.1, -0.05) is 37.3 Å². The zero-order valence-electron chi connectivity index (χ0n) is 12.0. The number of hydrogen-bond acceptors (Lipinski definition) is 2. The van der Waals surface area contributed by atoms with E-state index in [0.29, 0.717) is 5.92 Å². The molecule has 1 fully saturated rings. The van der Waals surface area contributed by atoms with Gasteiger partial charge in [-0.05, 0) is 24.4 Å². The van der Waals surface area contributed by atoms with Gasteiger partial charge < -0.3 is 4.90 Å². The second-order valence-electron chi connectivity index (χ2n) is 5.45. The Morgan fingerprint density at radius 1 is 1.16 bits per heavy atom. The number of amides is 1. The van der Waals surface area contributed by atoms with Crippen molar-refractivity contribution in [1.29, 1.82) is 0 Å². The van der Waals surface area contributed by atoms with E-state index in [1.54, 1.807) is 6.92 Å². The summed E-state index contributed by atoms with van der Waals surface area (Å²) in [6.45, 7) is 8.88. The largest absolute Gasteiger partial charge is 0.340 e. The standard InChI is InChI=1S/C16H24N2O/c1-14(16-6-4-3-5-7-16)8-9-17-10-12-18(13-11-17)15(2)19/h3-7,14H,8-13H2,1-2H3/t14-/m0/s1. The highest BCUT2D eigenvalue weighted by Gasteiger charge is 2.18. The fourth-order valence-electron chi connectivity index (χ4n) is 2.61. The Hall–Kier alpha value is -1.35. The second kappa shape index (κ2) is 6.71. The zero-order chi connectivity index (χ0) is 13.7. The molecule has 1 aromatic rings. The Morgan fingerprint density at radius 3 is 2.37 bits per heavy atom. The number of carbonyl (C=O) groups is 1. The van der Waals surface area contributed by atoms with Crippen molar-refractivity contribution in [2.24, 2.45) is 0 Å². The molecule has 1 heterocycles. The van der Waals surface area contributed by atoms with Crippen LogP contribution >= 0.6 is 0 Å². The quantitative estimate of drug-likeness (QED) is 0.829. The van der Waals surface area contributed by atoms with E-state index in [1.165, 1.54) is 12.0 Å². The third kappa shape index (κ3) is 4.06. The fraction of sp³-hybridized carbons (Fsp3) is 0.562. The molecule has 0 N–H and O–H groups in total. The molecule has 0 unspecified atom stereocenters. The van der Waals surface area contributed by atoms with E-state index < -0.39 is 0 Å². The minimum atomic E-state index is 0.206. The highest BCUT2D eigenvalue weighted by atomic mass is 16.2. The maximum Gasteiger partial charge on any atom is 0.219 e. The van der Waals surface area contributed by atoms with Crippen molar-refractivity contribution in [1.82, 2.24) is 9.80 Å². The maximum atomic E-state index is 11.3. The lowest BCUT2D eigenvalue weighted by Crippen LogP contribution is -2.48. The van der Waals surface area contributed by atoms with Crippen LogP contribution in [0.1, 0.15) is 31.7 Å². The molecule has 1 saturated heterocycles. The summed E-state index contributed by atoms with van der Waals surface area (Å²) in [5.41, 5.74) is 1.42. The minimum Gasteiger partial charge on any atom is -0.340 e. The highest BCUT2D eigenvalue weighted by molar-refractivity contribution is 5.73. The lowest BCUT2D eigenvalue weighted by molar-refractivity contribution is -0.130. The van der Waals surface area contributed by atoms with Crippen molar-refractivity contribution in [2.45, 2.75) is 26.2 Å². The normalized spacial score (nSPS) is 18.3. The van der Waals surface area contributed by atoms with Crippen molar-refractivity contribution < 1.29 is 4.79 Å². The molecule has 1 aliphatic rings. The first kappa shape index (κ1) is 14.1. The van der Waals surface area contributed by atoms with E-state index in [0.717, 1.165) is 32.7 Å². The predicted octanol–water partition coefficient (Wildman–Crippen LogP) is 2.34. The number of piperazine rings is 1. The number of carbonyl (C=O) groups excluding carboxylic acids is 1. The summed E-state index contributed by atoms with van der Waals surface area (Å²) in [4.78, 5) is 15.7. The molecule has 3 nitrogen and oxygen atoms in total. The Labute approximate surface area is 116 Å². The Bertz CT molecular complexity index is 396. The van der Waals surface area contributed by atoms with Crippen LogP contribution < -0.4 is 0 Å². The van der Waals surface area contributed by atoms with Gasteiger partial charge in [0.25, 0.3) is 0 Å². The van der Waals surface area contributed by atoms with Gasteiger partial charge >= 0.3 is 0 Å². The van der Waals surface area contributed by atoms with Crippen LogP contribution in [0, 0.1) is 0 Å². The van der Waals surface area contributed by atoms with Crippen LogP contribution in [0.15, 0.2) is 30.3 Å². The first-order valence-corrected chi connectivity index (χ1v) is 7.19. The molecule has 1 amide bonds. The minimum absolute atomic E-state index is 0.206. The fourth-order valence-corrected chi connectivity index (χ4v) is 2.61. The average Bonchev–Trinajstić information content (AvgIpc) is 2.46. The van der Waals surface area contributed by atoms with Crippen LogP contribution in [0.5, 0.6) is 0 Å². The van der Waals surface area contributed by atoms with Crippen LogP contribution in [0.2, 0.25) is 0 Å². The van der Waals surface area contributed by atoms with E-state index in [-0.39, 0.29) is 5.91 Å². The summed E-state index contributed by atoms with van der Waals surface area (Å²) >= 11 is 0. The van der Waals surface area contributed by atoms with Gasteiger partial charge in [-0.3, -0.25) is 9.69 Å². The average molecular weight is 260 g/mol. The summed E-state index contributed by atoms with van der Waals surface area (Å²) in [5.74, 6) is 0.810. The summed E-state index contributed by atoms with van der Waals surface area (Å²) < 4.78 is 0. The number of rotatable bonds is 4. The zero-order valence-corrected chi connectivity index (χ0v) is 12.0. The highest BCUT2D eigenvalue weighted by Crippen LogP contribution is 2.19. The summed E-state index contributed by atoms with van der Waals surface area (Å²) in [6, 6.07) is 10.7. The molecule has 0 aliphatic carbocycles. The summed E-state index contributed by atoms with van der Waals surface area (Å²) in [5, 5.41) is 0. The van der Waals surface area contributed by atoms with Crippen molar-refractivity contribution >= 4 is 5.91 Å². The van der Waals surface area contributed by atoms with Gasteiger partial charge in [0.15, 0.2) is 0 Å². The van der Waals surface area contributed by atoms with Crippen LogP contribution in [0.25, 0.3) is 0 Å². The lowest BCUT2D eigenvalue weighted by Gasteiger charge is -2.34. The molecule has 0 spiro atoms. The van der Waals surface area contributed by atoms with Crippen LogP contribution in [0.3, 0.4) is 0 Å². The predicted molar refractivity (Wildman–Crippen MR) is 78.2 cm³/mol. The molecule has 1 atom stereocenters. The lowest BCUT2D eigenvalue weighted by atomic mass is 9.97. The van der Waals surface area contributed by atoms with Gasteiger partial charge in [-0.2, -0.15) is 0 Å². The second-order valence-corrected chi connectivity index (χ2v) is 5.45. The van der Waals surface area contributed by atoms with Gasteiger partial charge in [-0.15, -0.1) is 0 Å². The van der Waals surface area contributed by atoms with Gasteiger partial charge in [-0.25, -0.2) is 0 Å². The molecule has 1 aliphatic heterocycles. The Kier molecular flexibility index (Phi) is 4.97. The molecule has 2 rings (SSSR count). The molecular formula is C16H24N2O. The number of nitrogens with zero attached hydrogens (tertiary/aromatic N) is 2. The SMILES string of the molecule is CC(=O)N1CCN(CC[C@H](C)c2ccccc2)CC1. The summed E-state index contributed by atoms with van der Waals surface area (Å²) in [7, 11) is 0. The first-order chi connectivity index (χ1) is 9.16. The summed E-state index contributed by atoms with van der Waals surface area (Å²) in [6.07, 6.45) is 1.18. The van der Waals surface area contributed by atoms with Crippen molar-refractivity contribution in [3.63, 3.8) is 0 Å². The monoisotopic (exact) mass is 260 g/mol. The molecule has 0 saturated carbocycles. The van der Waals surface area contributed by atoms with E-state index >= 15 is 0 Å². The molecule has 0 radical (unpaired) electrons. The molecule has 0 aromatic heterocycles. The van der Waals surface area contributed by atoms with E-state index in [9.17, 15) is 4.79 Å². The van der Waals surface area contributed by atoms with Crippen LogP contribution in [-0.2, 0) is 4.79 Å². The number of hydrogen-bond donors (Lipinski definition) is 0. The Morgan fingerprint density at radius 2 is 1.79 bits per heavy atom. The van der Waals surface area contributed by atoms with Gasteiger partial charge in [0, 0.05) is 33.1 Å². The van der Waals surface area contributed by atoms with E-state index in [1.807, 2.05) is 4.90 Å². The smallest absolute Gasteiger partial charge is 0.219 e. The van der Waals surface area contributed by atoms with Crippen LogP contribution in [-0.4, -0.2) is 48.4 Å². The van der Waals surface area contributed by atoms with E-state index in [2.05, 4.69) is 42.2 Å². The molecule has 3 heteroatoms. The van der Waals surface area contributed by atoms with Crippen LogP contribution in [0.4, 0.5) is 0 Å². The van der Waals surface area contributed by atoms with E-state index in [4.69, 9.17) is 0 Å². The third-order valence-electron chi connectivity index (χ3n) is 4.06. The first-order valence-electron chi connectivity index (χ1n) is 7.19. The van der Waals surface area contributed by atoms with Crippen molar-refractivity contribution in [3.05, 3.63) is 35.9 Å². The molecule has 0 bridgehead atoms. The molecular weight excluding hydrogens is 236 g/mol. The topological polar surface area (TPSA) is 23.6 Å². The number of benzene rings is 1. The Balaban J connectivity index is 1.73. The van der Waals surface area contributed by atoms with Gasteiger partial charge in [0.05, 0.1) is 0 Å². The van der Waals surface area contributed by atoms with Crippen molar-refractivity contribution in [3.8, 4) is 0 Å². The third-order valence-corrected chi connectivity index (χ3v) is 4.06. The molecule has 19 heavy (non-hydrogen) atoms. The van der Waals surface area contributed by atoms with Gasteiger partial charge in [0.1, 0.15) is 0 Å². The maximum absolute atomic E-state index is 11.3. The molecule has 1 aromatic carbocycles. The molecule has 104 valence electrons. The van der Waals surface area contributed by atoms with Crippen molar-refractivity contribution in [2.75, 3.05) is 32.7 Å².